The number of rotatable bonds is 1. The molecule has 132 valence electrons. The average Bonchev–Trinajstić information content (AvgIpc) is 2.93. The fraction of sp³-hybridized carbons (Fsp3) is 0.438. The van der Waals surface area contributed by atoms with Gasteiger partial charge in [0.2, 0.25) is 0 Å². The molecule has 9 heteroatoms. The molecule has 1 aliphatic carbocycles. The van der Waals surface area contributed by atoms with E-state index in [-0.39, 0.29) is 26.4 Å². The molecule has 3 aromatic rings. The molecule has 1 saturated carbocycles. The van der Waals surface area contributed by atoms with E-state index in [1.54, 1.807) is 0 Å². The second kappa shape index (κ2) is 5.69. The molecule has 2 N–H and O–H groups in total. The first-order valence-corrected chi connectivity index (χ1v) is 8.83. The summed E-state index contributed by atoms with van der Waals surface area (Å²) in [5.41, 5.74) is -2.05. The molecular weight excluding hydrogens is 355 g/mol. The van der Waals surface area contributed by atoms with Gasteiger partial charge in [-0.2, -0.15) is 13.2 Å². The van der Waals surface area contributed by atoms with Gasteiger partial charge >= 0.3 is 11.9 Å². The molecule has 0 bridgehead atoms. The molecule has 0 aromatic carbocycles. The Morgan fingerprint density at radius 3 is 2.52 bits per heavy atom. The number of alkyl halides is 3. The molecule has 3 heterocycles. The van der Waals surface area contributed by atoms with Crippen molar-refractivity contribution in [2.24, 2.45) is 0 Å². The Morgan fingerprint density at radius 2 is 1.84 bits per heavy atom. The van der Waals surface area contributed by atoms with E-state index in [0.717, 1.165) is 49.5 Å². The lowest BCUT2D eigenvalue weighted by Gasteiger charge is -2.22. The number of H-pyrrole nitrogens is 2. The minimum Gasteiger partial charge on any atom is -0.305 e. The molecule has 0 spiro atoms. The summed E-state index contributed by atoms with van der Waals surface area (Å²) in [6, 6.07) is 1.09. The molecule has 1 aliphatic rings. The van der Waals surface area contributed by atoms with Crippen molar-refractivity contribution in [3.8, 4) is 0 Å². The van der Waals surface area contributed by atoms with Crippen LogP contribution in [0, 0.1) is 0 Å². The van der Waals surface area contributed by atoms with Gasteiger partial charge in [0.15, 0.2) is 0 Å². The van der Waals surface area contributed by atoms with Gasteiger partial charge in [-0.15, -0.1) is 11.3 Å². The van der Waals surface area contributed by atoms with Crippen LogP contribution in [0.15, 0.2) is 15.7 Å². The van der Waals surface area contributed by atoms with Gasteiger partial charge in [0.1, 0.15) is 9.53 Å². The Balaban J connectivity index is 2.07. The topological polar surface area (TPSA) is 78.6 Å². The van der Waals surface area contributed by atoms with Crippen molar-refractivity contribution in [2.45, 2.75) is 44.2 Å². The minimum absolute atomic E-state index is 0.00166. The van der Waals surface area contributed by atoms with Crippen LogP contribution in [0.3, 0.4) is 0 Å². The third-order valence-electron chi connectivity index (χ3n) is 4.68. The van der Waals surface area contributed by atoms with Gasteiger partial charge in [-0.1, -0.05) is 19.3 Å². The molecule has 0 amide bonds. The molecule has 0 unspecified atom stereocenters. The van der Waals surface area contributed by atoms with E-state index in [1.807, 2.05) is 4.98 Å². The summed E-state index contributed by atoms with van der Waals surface area (Å²) < 4.78 is 41.1. The van der Waals surface area contributed by atoms with Gasteiger partial charge in [-0.25, -0.2) is 9.78 Å². The fourth-order valence-corrected chi connectivity index (χ4v) is 4.59. The lowest BCUT2D eigenvalue weighted by molar-refractivity contribution is -0.136. The largest absolute Gasteiger partial charge is 0.417 e. The summed E-state index contributed by atoms with van der Waals surface area (Å²) in [6.07, 6.45) is 0.0784. The van der Waals surface area contributed by atoms with Crippen molar-refractivity contribution in [3.05, 3.63) is 38.2 Å². The average molecular weight is 369 g/mol. The summed E-state index contributed by atoms with van der Waals surface area (Å²) >= 11 is 0.880. The standard InChI is InChI=1S/C16H14F3N3O2S/c17-16(18,19)8-6-9(7-4-2-1-3-5-7)20-14-10(8)11-12(25-14)13(23)22-15(24)21-11/h6-7H,1-5H2,(H2,21,22,23,24). The predicted molar refractivity (Wildman–Crippen MR) is 89.2 cm³/mol. The zero-order valence-electron chi connectivity index (χ0n) is 13.0. The number of nitrogens with one attached hydrogen (secondary N) is 2. The Morgan fingerprint density at radius 1 is 1.12 bits per heavy atom. The summed E-state index contributed by atoms with van der Waals surface area (Å²) in [6.45, 7) is 0. The highest BCUT2D eigenvalue weighted by molar-refractivity contribution is 7.25. The van der Waals surface area contributed by atoms with Gasteiger partial charge in [0.05, 0.1) is 11.1 Å². The molecule has 0 saturated heterocycles. The van der Waals surface area contributed by atoms with Gasteiger partial charge in [-0.3, -0.25) is 9.78 Å². The third-order valence-corrected chi connectivity index (χ3v) is 5.76. The maximum absolute atomic E-state index is 13.7. The number of fused-ring (bicyclic) bond motifs is 3. The predicted octanol–water partition coefficient (Wildman–Crippen LogP) is 3.89. The first-order valence-electron chi connectivity index (χ1n) is 8.01. The van der Waals surface area contributed by atoms with Gasteiger partial charge in [0.25, 0.3) is 5.56 Å². The normalized spacial score (nSPS) is 16.8. The third kappa shape index (κ3) is 2.76. The fourth-order valence-electron chi connectivity index (χ4n) is 3.53. The maximum atomic E-state index is 13.7. The van der Waals surface area contributed by atoms with Crippen LogP contribution < -0.4 is 11.2 Å². The second-order valence-electron chi connectivity index (χ2n) is 6.32. The summed E-state index contributed by atoms with van der Waals surface area (Å²) in [5, 5.41) is -0.199. The molecule has 5 nitrogen and oxygen atoms in total. The van der Waals surface area contributed by atoms with E-state index in [2.05, 4.69) is 9.97 Å². The molecule has 0 radical (unpaired) electrons. The number of nitrogens with zero attached hydrogens (tertiary/aromatic N) is 1. The van der Waals surface area contributed by atoms with Crippen LogP contribution in [0.1, 0.15) is 49.3 Å². The molecule has 0 atom stereocenters. The smallest absolute Gasteiger partial charge is 0.305 e. The van der Waals surface area contributed by atoms with Crippen LogP contribution in [-0.4, -0.2) is 15.0 Å². The van der Waals surface area contributed by atoms with Gasteiger partial charge < -0.3 is 4.98 Å². The van der Waals surface area contributed by atoms with Crippen LogP contribution in [0.5, 0.6) is 0 Å². The number of hydrogen-bond acceptors (Lipinski definition) is 4. The number of hydrogen-bond donors (Lipinski definition) is 2. The SMILES string of the molecule is O=c1[nH]c(=O)c2sc3nc(C4CCCCC4)cc(C(F)(F)F)c3c2[nH]1. The monoisotopic (exact) mass is 369 g/mol. The Bertz CT molecular complexity index is 1070. The number of thiophene rings is 1. The molecule has 4 rings (SSSR count). The van der Waals surface area contributed by atoms with Crippen LogP contribution >= 0.6 is 11.3 Å². The van der Waals surface area contributed by atoms with Gasteiger partial charge in [0, 0.05) is 17.0 Å². The van der Waals surface area contributed by atoms with Crippen LogP contribution in [-0.2, 0) is 6.18 Å². The quantitative estimate of drug-likeness (QED) is 0.683. The second-order valence-corrected chi connectivity index (χ2v) is 7.32. The zero-order chi connectivity index (χ0) is 17.8. The van der Waals surface area contributed by atoms with Crippen molar-refractivity contribution in [1.82, 2.24) is 15.0 Å². The van der Waals surface area contributed by atoms with Gasteiger partial charge in [-0.05, 0) is 18.9 Å². The van der Waals surface area contributed by atoms with Crippen molar-refractivity contribution < 1.29 is 13.2 Å². The summed E-state index contributed by atoms with van der Waals surface area (Å²) in [5.74, 6) is 0.00166. The van der Waals surface area contributed by atoms with E-state index in [1.165, 1.54) is 0 Å². The minimum atomic E-state index is -4.60. The summed E-state index contributed by atoms with van der Waals surface area (Å²) in [4.78, 5) is 32.4. The number of halogens is 3. The van der Waals surface area contributed by atoms with Crippen molar-refractivity contribution >= 4 is 31.8 Å². The van der Waals surface area contributed by atoms with Crippen molar-refractivity contribution in [1.29, 1.82) is 0 Å². The lowest BCUT2D eigenvalue weighted by atomic mass is 9.86. The molecular formula is C16H14F3N3O2S. The number of pyridine rings is 1. The maximum Gasteiger partial charge on any atom is 0.417 e. The Labute approximate surface area is 142 Å². The molecule has 1 fully saturated rings. The van der Waals surface area contributed by atoms with E-state index in [0.29, 0.717) is 5.69 Å². The first kappa shape index (κ1) is 16.3. The van der Waals surface area contributed by atoms with E-state index in [4.69, 9.17) is 0 Å². The van der Waals surface area contributed by atoms with Crippen LogP contribution in [0.25, 0.3) is 20.4 Å². The van der Waals surface area contributed by atoms with Crippen molar-refractivity contribution in [2.75, 3.05) is 0 Å². The molecule has 0 aliphatic heterocycles. The Kier molecular flexibility index (Phi) is 3.71. The highest BCUT2D eigenvalue weighted by Gasteiger charge is 2.36. The highest BCUT2D eigenvalue weighted by Crippen LogP contribution is 2.42. The zero-order valence-corrected chi connectivity index (χ0v) is 13.8. The first-order chi connectivity index (χ1) is 11.8. The van der Waals surface area contributed by atoms with Crippen LogP contribution in [0.4, 0.5) is 13.2 Å². The Hall–Kier alpha value is -2.16. The lowest BCUT2D eigenvalue weighted by Crippen LogP contribution is -2.21. The van der Waals surface area contributed by atoms with E-state index >= 15 is 0 Å². The number of aromatic nitrogens is 3. The van der Waals surface area contributed by atoms with E-state index < -0.39 is 23.0 Å². The molecule has 3 aromatic heterocycles. The van der Waals surface area contributed by atoms with E-state index in [9.17, 15) is 22.8 Å². The van der Waals surface area contributed by atoms with Crippen molar-refractivity contribution in [3.63, 3.8) is 0 Å². The highest BCUT2D eigenvalue weighted by atomic mass is 32.1. The molecule has 25 heavy (non-hydrogen) atoms. The summed E-state index contributed by atoms with van der Waals surface area (Å²) in [7, 11) is 0. The number of aromatic amines is 2. The van der Waals surface area contributed by atoms with Crippen LogP contribution in [0.2, 0.25) is 0 Å².